The van der Waals surface area contributed by atoms with E-state index < -0.39 is 0 Å². The Morgan fingerprint density at radius 1 is 1.19 bits per heavy atom. The molecule has 140 valence electrons. The molecule has 4 nitrogen and oxygen atoms in total. The monoisotopic (exact) mass is 399 g/mol. The fourth-order valence-corrected chi connectivity index (χ4v) is 4.11. The largest absolute Gasteiger partial charge is 0.496 e. The maximum absolute atomic E-state index is 12.1. The van der Waals surface area contributed by atoms with E-state index in [9.17, 15) is 4.79 Å². The zero-order chi connectivity index (χ0) is 19.4. The number of carbonyl (C=O) groups excluding carboxylic acids is 1. The Morgan fingerprint density at radius 2 is 1.93 bits per heavy atom. The number of hydrogen-bond acceptors (Lipinski definition) is 5. The van der Waals surface area contributed by atoms with Crippen molar-refractivity contribution in [1.29, 1.82) is 0 Å². The summed E-state index contributed by atoms with van der Waals surface area (Å²) in [7, 11) is 1.69. The van der Waals surface area contributed by atoms with Crippen molar-refractivity contribution >= 4 is 39.9 Å². The Kier molecular flexibility index (Phi) is 6.19. The predicted molar refractivity (Wildman–Crippen MR) is 115 cm³/mol. The molecule has 0 atom stereocenters. The average Bonchev–Trinajstić information content (AvgIpc) is 2.93. The van der Waals surface area contributed by atoms with Crippen LogP contribution in [0.1, 0.15) is 24.5 Å². The van der Waals surface area contributed by atoms with Crippen LogP contribution in [0.4, 0.5) is 5.69 Å². The lowest BCUT2D eigenvalue weighted by Gasteiger charge is -2.16. The molecule has 0 unspecified atom stereocenters. The Morgan fingerprint density at radius 3 is 2.52 bits per heavy atom. The Bertz CT molecular complexity index is 877. The molecule has 0 saturated carbocycles. The smallest absolute Gasteiger partial charge is 0.270 e. The molecule has 3 rings (SSSR count). The molecule has 0 aliphatic carbocycles. The van der Waals surface area contributed by atoms with Gasteiger partial charge in [-0.2, -0.15) is 0 Å². The molecule has 0 N–H and O–H groups in total. The number of nitrogens with zero attached hydrogens (tertiary/aromatic N) is 1. The Hall–Kier alpha value is -2.31. The molecule has 0 aromatic heterocycles. The lowest BCUT2D eigenvalue weighted by Crippen LogP contribution is -2.27. The number of ether oxygens (including phenoxy) is 2. The molecule has 2 aromatic carbocycles. The van der Waals surface area contributed by atoms with Gasteiger partial charge in [0.2, 0.25) is 0 Å². The van der Waals surface area contributed by atoms with Gasteiger partial charge in [-0.3, -0.25) is 9.69 Å². The summed E-state index contributed by atoms with van der Waals surface area (Å²) < 4.78 is 11.9. The van der Waals surface area contributed by atoms with E-state index in [1.165, 1.54) is 22.2 Å². The third-order valence-corrected chi connectivity index (χ3v) is 5.48. The van der Waals surface area contributed by atoms with E-state index in [0.29, 0.717) is 15.8 Å². The predicted octanol–water partition coefficient (Wildman–Crippen LogP) is 5.11. The molecule has 1 heterocycles. The number of amides is 1. The van der Waals surface area contributed by atoms with Crippen LogP contribution in [0.2, 0.25) is 0 Å². The van der Waals surface area contributed by atoms with Gasteiger partial charge in [0.15, 0.2) is 4.32 Å². The lowest BCUT2D eigenvalue weighted by molar-refractivity contribution is -0.113. The molecule has 0 bridgehead atoms. The normalized spacial score (nSPS) is 14.0. The highest BCUT2D eigenvalue weighted by molar-refractivity contribution is 8.27. The van der Waals surface area contributed by atoms with E-state index in [4.69, 9.17) is 21.7 Å². The van der Waals surface area contributed by atoms with Gasteiger partial charge >= 0.3 is 0 Å². The lowest BCUT2D eigenvalue weighted by atomic mass is 10.0. The number of rotatable bonds is 7. The minimum absolute atomic E-state index is 0.167. The second-order valence-corrected chi connectivity index (χ2v) is 7.79. The summed E-state index contributed by atoms with van der Waals surface area (Å²) in [5, 5.41) is 0. The molecule has 1 amide bonds. The molecule has 1 fully saturated rings. The Labute approximate surface area is 169 Å². The fraction of sp³-hybridized carbons (Fsp3) is 0.238. The van der Waals surface area contributed by atoms with Crippen molar-refractivity contribution in [3.05, 3.63) is 65.1 Å². The second-order valence-electron chi connectivity index (χ2n) is 6.06. The molecule has 2 aromatic rings. The summed E-state index contributed by atoms with van der Waals surface area (Å²) in [6.45, 7) is 6.33. The van der Waals surface area contributed by atoms with Crippen LogP contribution in [0.15, 0.2) is 53.9 Å². The van der Waals surface area contributed by atoms with E-state index in [0.717, 1.165) is 35.6 Å². The molecular formula is C21H21NO3S2. The van der Waals surface area contributed by atoms with Gasteiger partial charge in [0.25, 0.3) is 5.91 Å². The molecule has 27 heavy (non-hydrogen) atoms. The molecule has 6 heteroatoms. The number of methoxy groups -OCH3 is 1. The van der Waals surface area contributed by atoms with Crippen LogP contribution in [0, 0.1) is 0 Å². The number of hydrogen-bond donors (Lipinski definition) is 0. The van der Waals surface area contributed by atoms with Crippen molar-refractivity contribution in [2.45, 2.75) is 26.4 Å². The van der Waals surface area contributed by atoms with Crippen LogP contribution in [-0.4, -0.2) is 17.3 Å². The first-order valence-corrected chi connectivity index (χ1v) is 9.90. The average molecular weight is 400 g/mol. The van der Waals surface area contributed by atoms with Gasteiger partial charge in [-0.25, -0.2) is 0 Å². The molecule has 1 aliphatic rings. The van der Waals surface area contributed by atoms with Gasteiger partial charge in [0.1, 0.15) is 18.1 Å². The third-order valence-electron chi connectivity index (χ3n) is 4.27. The van der Waals surface area contributed by atoms with Gasteiger partial charge in [-0.05, 0) is 42.3 Å². The quantitative estimate of drug-likeness (QED) is 0.478. The van der Waals surface area contributed by atoms with E-state index in [1.54, 1.807) is 7.11 Å². The van der Waals surface area contributed by atoms with Crippen LogP contribution in [0.5, 0.6) is 11.5 Å². The molecule has 1 saturated heterocycles. The minimum atomic E-state index is -0.167. The SMILES string of the molecule is C=C1SC(=S)N(c2ccc(OCc3cccc(OC)c3CCC)cc2)C1=O. The molecule has 0 spiro atoms. The summed E-state index contributed by atoms with van der Waals surface area (Å²) in [5.41, 5.74) is 3.02. The van der Waals surface area contributed by atoms with Crippen LogP contribution in [0.25, 0.3) is 0 Å². The number of thiocarbonyl (C=S) groups is 1. The highest BCUT2D eigenvalue weighted by atomic mass is 32.2. The number of thioether (sulfide) groups is 1. The second kappa shape index (κ2) is 8.59. The van der Waals surface area contributed by atoms with E-state index >= 15 is 0 Å². The number of anilines is 1. The summed E-state index contributed by atoms with van der Waals surface area (Å²) >= 11 is 6.47. The standard InChI is InChI=1S/C21H21NO3S2/c1-4-6-18-15(7-5-8-19(18)24-3)13-25-17-11-9-16(10-12-17)22-20(23)14(2)27-21(22)26/h5,7-12H,2,4,6,13H2,1,3H3. The van der Waals surface area contributed by atoms with Crippen molar-refractivity contribution < 1.29 is 14.3 Å². The van der Waals surface area contributed by atoms with Crippen molar-refractivity contribution in [3.63, 3.8) is 0 Å². The van der Waals surface area contributed by atoms with Gasteiger partial charge in [-0.1, -0.05) is 56.0 Å². The van der Waals surface area contributed by atoms with Crippen molar-refractivity contribution in [1.82, 2.24) is 0 Å². The summed E-state index contributed by atoms with van der Waals surface area (Å²) in [4.78, 5) is 14.1. The van der Waals surface area contributed by atoms with E-state index in [1.807, 2.05) is 36.4 Å². The van der Waals surface area contributed by atoms with E-state index in [-0.39, 0.29) is 5.91 Å². The van der Waals surface area contributed by atoms with Crippen molar-refractivity contribution in [2.24, 2.45) is 0 Å². The molecule has 0 radical (unpaired) electrons. The highest BCUT2D eigenvalue weighted by Crippen LogP contribution is 2.34. The third kappa shape index (κ3) is 4.17. The van der Waals surface area contributed by atoms with Gasteiger partial charge < -0.3 is 9.47 Å². The summed E-state index contributed by atoms with van der Waals surface area (Å²) in [6, 6.07) is 13.4. The first-order valence-electron chi connectivity index (χ1n) is 8.68. The van der Waals surface area contributed by atoms with Gasteiger partial charge in [0.05, 0.1) is 17.7 Å². The van der Waals surface area contributed by atoms with Crippen LogP contribution in [-0.2, 0) is 17.8 Å². The maximum atomic E-state index is 12.1. The van der Waals surface area contributed by atoms with Crippen molar-refractivity contribution in [2.75, 3.05) is 12.0 Å². The summed E-state index contributed by atoms with van der Waals surface area (Å²) in [6.07, 6.45) is 1.98. The number of carbonyl (C=O) groups is 1. The summed E-state index contributed by atoms with van der Waals surface area (Å²) in [5.74, 6) is 1.46. The first-order chi connectivity index (χ1) is 13.0. The van der Waals surface area contributed by atoms with Crippen LogP contribution in [0.3, 0.4) is 0 Å². The zero-order valence-corrected chi connectivity index (χ0v) is 17.0. The van der Waals surface area contributed by atoms with Crippen molar-refractivity contribution in [3.8, 4) is 11.5 Å². The highest BCUT2D eigenvalue weighted by Gasteiger charge is 2.31. The maximum Gasteiger partial charge on any atom is 0.270 e. The van der Waals surface area contributed by atoms with Crippen LogP contribution < -0.4 is 14.4 Å². The zero-order valence-electron chi connectivity index (χ0n) is 15.4. The molecule has 1 aliphatic heterocycles. The van der Waals surface area contributed by atoms with Gasteiger partial charge in [0, 0.05) is 5.56 Å². The molecular weight excluding hydrogens is 378 g/mol. The van der Waals surface area contributed by atoms with E-state index in [2.05, 4.69) is 19.6 Å². The Balaban J connectivity index is 1.72. The van der Waals surface area contributed by atoms with Crippen LogP contribution >= 0.6 is 24.0 Å². The topological polar surface area (TPSA) is 38.8 Å². The van der Waals surface area contributed by atoms with Gasteiger partial charge in [-0.15, -0.1) is 0 Å². The fourth-order valence-electron chi connectivity index (χ4n) is 2.95. The number of benzene rings is 2. The first kappa shape index (κ1) is 19.5. The minimum Gasteiger partial charge on any atom is -0.496 e.